The molecule has 12 heteroatoms. The van der Waals surface area contributed by atoms with Gasteiger partial charge in [0.25, 0.3) is 5.91 Å². The third-order valence-corrected chi connectivity index (χ3v) is 7.46. The van der Waals surface area contributed by atoms with Crippen LogP contribution >= 0.6 is 0 Å². The maximum absolute atomic E-state index is 15.3. The summed E-state index contributed by atoms with van der Waals surface area (Å²) >= 11 is 0. The van der Waals surface area contributed by atoms with Crippen LogP contribution in [0.3, 0.4) is 0 Å². The number of fused-ring (bicyclic) bond motifs is 1. The molecule has 0 spiro atoms. The highest BCUT2D eigenvalue weighted by Crippen LogP contribution is 2.32. The molecule has 4 aromatic rings. The van der Waals surface area contributed by atoms with E-state index in [-0.39, 0.29) is 28.9 Å². The summed E-state index contributed by atoms with van der Waals surface area (Å²) in [5.41, 5.74) is 2.70. The van der Waals surface area contributed by atoms with E-state index in [4.69, 9.17) is 20.1 Å². The zero-order chi connectivity index (χ0) is 32.2. The number of benzene rings is 3. The van der Waals surface area contributed by atoms with Crippen molar-refractivity contribution in [3.8, 4) is 11.4 Å². The van der Waals surface area contributed by atoms with Crippen LogP contribution in [0.1, 0.15) is 35.7 Å². The molecule has 1 atom stereocenters. The number of hydrogen-bond donors (Lipinski definition) is 3. The molecule has 11 nitrogen and oxygen atoms in total. The number of amides is 3. The van der Waals surface area contributed by atoms with E-state index in [2.05, 4.69) is 15.5 Å². The fraction of sp³-hybridized carbons (Fsp3) is 0.273. The lowest BCUT2D eigenvalue weighted by atomic mass is 9.90. The lowest BCUT2D eigenvalue weighted by Crippen LogP contribution is -2.37. The van der Waals surface area contributed by atoms with Crippen LogP contribution in [0.25, 0.3) is 22.3 Å². The second-order valence-corrected chi connectivity index (χ2v) is 11.0. The Morgan fingerprint density at radius 1 is 0.956 bits per heavy atom. The number of ketones is 1. The SMILES string of the molecule is CC(=N)C(C(C)=O)c1ccc2c(N3CCOCC3)nc(-c3ccc(NC(=O)Nc4ccc(C(=O)N(C)C)cc4)c(F)c3)nc2c1. The van der Waals surface area contributed by atoms with Gasteiger partial charge >= 0.3 is 6.03 Å². The summed E-state index contributed by atoms with van der Waals surface area (Å²) in [6.45, 7) is 5.36. The molecule has 1 saturated heterocycles. The molecule has 0 saturated carbocycles. The predicted octanol–water partition coefficient (Wildman–Crippen LogP) is 5.33. The summed E-state index contributed by atoms with van der Waals surface area (Å²) in [6.07, 6.45) is 0. The first kappa shape index (κ1) is 31.2. The minimum absolute atomic E-state index is 0.0436. The second-order valence-electron chi connectivity index (χ2n) is 11.0. The number of carbonyl (C=O) groups excluding carboxylic acids is 3. The van der Waals surface area contributed by atoms with E-state index in [0.717, 1.165) is 5.39 Å². The number of nitrogens with one attached hydrogen (secondary N) is 3. The number of rotatable bonds is 8. The summed E-state index contributed by atoms with van der Waals surface area (Å²) < 4.78 is 20.9. The van der Waals surface area contributed by atoms with Crippen LogP contribution in [-0.4, -0.2) is 78.7 Å². The highest BCUT2D eigenvalue weighted by atomic mass is 19.1. The van der Waals surface area contributed by atoms with Crippen LogP contribution in [0.15, 0.2) is 60.7 Å². The topological polar surface area (TPSA) is 141 Å². The van der Waals surface area contributed by atoms with Gasteiger partial charge in [0.05, 0.1) is 30.3 Å². The van der Waals surface area contributed by atoms with Crippen LogP contribution in [-0.2, 0) is 9.53 Å². The molecule has 0 radical (unpaired) electrons. The Kier molecular flexibility index (Phi) is 9.14. The normalized spacial score (nSPS) is 13.7. The minimum atomic E-state index is -0.688. The summed E-state index contributed by atoms with van der Waals surface area (Å²) in [4.78, 5) is 50.1. The van der Waals surface area contributed by atoms with E-state index < -0.39 is 17.8 Å². The third kappa shape index (κ3) is 6.96. The van der Waals surface area contributed by atoms with Crippen molar-refractivity contribution in [3.63, 3.8) is 0 Å². The number of ether oxygens (including phenoxy) is 1. The van der Waals surface area contributed by atoms with Gasteiger partial charge in [0.15, 0.2) is 5.82 Å². The smallest absolute Gasteiger partial charge is 0.323 e. The van der Waals surface area contributed by atoms with E-state index in [1.807, 2.05) is 12.1 Å². The number of halogens is 1. The van der Waals surface area contributed by atoms with Crippen LogP contribution < -0.4 is 15.5 Å². The first-order valence-electron chi connectivity index (χ1n) is 14.4. The molecule has 1 aliphatic rings. The molecule has 1 fully saturated rings. The number of nitrogens with zero attached hydrogens (tertiary/aromatic N) is 4. The van der Waals surface area contributed by atoms with Gasteiger partial charge in [0.2, 0.25) is 0 Å². The van der Waals surface area contributed by atoms with Gasteiger partial charge in [-0.1, -0.05) is 6.07 Å². The fourth-order valence-electron chi connectivity index (χ4n) is 5.24. The molecule has 45 heavy (non-hydrogen) atoms. The molecule has 1 unspecified atom stereocenters. The standard InChI is InChI=1S/C33H34FN7O4/c1-19(35)29(20(2)42)22-7-11-25-28(18-22)37-30(39-31(25)41-13-15-45-16-14-41)23-8-12-27(26(34)17-23)38-33(44)36-24-9-5-21(6-10-24)32(43)40(3)4/h5-12,17-18,29,35H,13-16H2,1-4H3,(H2,36,38,44). The van der Waals surface area contributed by atoms with E-state index in [1.165, 1.54) is 24.0 Å². The Morgan fingerprint density at radius 3 is 2.29 bits per heavy atom. The number of anilines is 3. The first-order valence-corrected chi connectivity index (χ1v) is 14.4. The lowest BCUT2D eigenvalue weighted by Gasteiger charge is -2.29. The zero-order valence-corrected chi connectivity index (χ0v) is 25.5. The van der Waals surface area contributed by atoms with E-state index in [1.54, 1.807) is 57.4 Å². The van der Waals surface area contributed by atoms with Gasteiger partial charge in [-0.05, 0) is 74.0 Å². The van der Waals surface area contributed by atoms with Gasteiger partial charge in [0, 0.05) is 55.1 Å². The number of urea groups is 1. The summed E-state index contributed by atoms with van der Waals surface area (Å²) in [7, 11) is 3.30. The molecule has 0 aliphatic carbocycles. The van der Waals surface area contributed by atoms with Crippen LogP contribution in [0.2, 0.25) is 0 Å². The second kappa shape index (κ2) is 13.2. The van der Waals surface area contributed by atoms with Gasteiger partial charge in [-0.25, -0.2) is 19.2 Å². The third-order valence-electron chi connectivity index (χ3n) is 7.46. The molecule has 3 amide bonds. The van der Waals surface area contributed by atoms with Gasteiger partial charge in [-0.2, -0.15) is 0 Å². The highest BCUT2D eigenvalue weighted by molar-refractivity contribution is 6.07. The van der Waals surface area contributed by atoms with Gasteiger partial charge in [0.1, 0.15) is 17.4 Å². The first-order chi connectivity index (χ1) is 21.5. The molecule has 3 N–H and O–H groups in total. The summed E-state index contributed by atoms with van der Waals surface area (Å²) in [5.74, 6) is -0.744. The Balaban J connectivity index is 1.43. The largest absolute Gasteiger partial charge is 0.378 e. The van der Waals surface area contributed by atoms with Crippen LogP contribution in [0.4, 0.5) is 26.4 Å². The van der Waals surface area contributed by atoms with Gasteiger partial charge in [-0.15, -0.1) is 0 Å². The summed E-state index contributed by atoms with van der Waals surface area (Å²) in [6, 6.07) is 15.5. The molecule has 3 aromatic carbocycles. The van der Waals surface area contributed by atoms with Gasteiger partial charge < -0.3 is 30.6 Å². The Morgan fingerprint density at radius 2 is 1.67 bits per heavy atom. The number of morpholine rings is 1. The van der Waals surface area contributed by atoms with E-state index >= 15 is 4.39 Å². The lowest BCUT2D eigenvalue weighted by molar-refractivity contribution is -0.117. The highest BCUT2D eigenvalue weighted by Gasteiger charge is 2.23. The van der Waals surface area contributed by atoms with Crippen molar-refractivity contribution in [2.75, 3.05) is 55.9 Å². The minimum Gasteiger partial charge on any atom is -0.378 e. The van der Waals surface area contributed by atoms with Crippen molar-refractivity contribution in [3.05, 3.63) is 77.6 Å². The predicted molar refractivity (Wildman–Crippen MR) is 172 cm³/mol. The molecule has 0 bridgehead atoms. The molecular weight excluding hydrogens is 577 g/mol. The fourth-order valence-corrected chi connectivity index (χ4v) is 5.24. The van der Waals surface area contributed by atoms with E-state index in [9.17, 15) is 14.4 Å². The van der Waals surface area contributed by atoms with Crippen molar-refractivity contribution in [2.24, 2.45) is 0 Å². The Hall–Kier alpha value is -5.23. The molecule has 232 valence electrons. The number of carbonyl (C=O) groups is 3. The molecule has 2 heterocycles. The van der Waals surface area contributed by atoms with Crippen molar-refractivity contribution in [2.45, 2.75) is 19.8 Å². The van der Waals surface area contributed by atoms with Crippen LogP contribution in [0, 0.1) is 11.2 Å². The quantitative estimate of drug-likeness (QED) is 0.229. The number of Topliss-reactive ketones (excluding diaryl/α,β-unsaturated/α-hetero) is 1. The van der Waals surface area contributed by atoms with Crippen molar-refractivity contribution >= 4 is 51.5 Å². The Labute approximate surface area is 259 Å². The van der Waals surface area contributed by atoms with Crippen LogP contribution in [0.5, 0.6) is 0 Å². The maximum atomic E-state index is 15.3. The van der Waals surface area contributed by atoms with Crippen molar-refractivity contribution in [1.29, 1.82) is 5.41 Å². The summed E-state index contributed by atoms with van der Waals surface area (Å²) in [5, 5.41) is 14.0. The zero-order valence-electron chi connectivity index (χ0n) is 25.5. The monoisotopic (exact) mass is 611 g/mol. The van der Waals surface area contributed by atoms with Crippen molar-refractivity contribution < 1.29 is 23.5 Å². The van der Waals surface area contributed by atoms with Gasteiger partial charge in [-0.3, -0.25) is 9.59 Å². The molecule has 5 rings (SSSR count). The molecule has 1 aliphatic heterocycles. The average Bonchev–Trinajstić information content (AvgIpc) is 3.01. The maximum Gasteiger partial charge on any atom is 0.323 e. The number of hydrogen-bond acceptors (Lipinski definition) is 8. The average molecular weight is 612 g/mol. The number of aromatic nitrogens is 2. The molecular formula is C33H34FN7O4. The van der Waals surface area contributed by atoms with Crippen molar-refractivity contribution in [1.82, 2.24) is 14.9 Å². The molecule has 1 aromatic heterocycles. The van der Waals surface area contributed by atoms with E-state index in [0.29, 0.717) is 60.0 Å². The Bertz CT molecular complexity index is 1770.